The first-order valence-corrected chi connectivity index (χ1v) is 4.58. The van der Waals surface area contributed by atoms with Gasteiger partial charge in [-0.1, -0.05) is 0 Å². The van der Waals surface area contributed by atoms with E-state index in [4.69, 9.17) is 0 Å². The second kappa shape index (κ2) is 4.84. The Hall–Kier alpha value is -1.06. The van der Waals surface area contributed by atoms with E-state index in [0.29, 0.717) is 6.04 Å². The molecule has 1 fully saturated rings. The number of ether oxygens (including phenoxy) is 1. The van der Waals surface area contributed by atoms with E-state index in [0.717, 1.165) is 12.8 Å². The molecule has 0 aliphatic heterocycles. The quantitative estimate of drug-likeness (QED) is 0.653. The number of nitrogens with one attached hydrogen (secondary N) is 1. The van der Waals surface area contributed by atoms with Crippen molar-refractivity contribution in [3.63, 3.8) is 0 Å². The minimum atomic E-state index is -0.330. The van der Waals surface area contributed by atoms with Gasteiger partial charge in [-0.05, 0) is 19.3 Å². The molecule has 4 nitrogen and oxygen atoms in total. The molecule has 4 heteroatoms. The van der Waals surface area contributed by atoms with Crippen molar-refractivity contribution in [2.45, 2.75) is 38.1 Å². The molecule has 0 saturated heterocycles. The van der Waals surface area contributed by atoms with Crippen LogP contribution >= 0.6 is 0 Å². The summed E-state index contributed by atoms with van der Waals surface area (Å²) in [6, 6.07) is 0.352. The molecule has 1 N–H and O–H groups in total. The monoisotopic (exact) mass is 185 g/mol. The first-order chi connectivity index (χ1) is 6.22. The summed E-state index contributed by atoms with van der Waals surface area (Å²) in [6.07, 6.45) is 3.76. The van der Waals surface area contributed by atoms with Gasteiger partial charge in [0.05, 0.1) is 13.5 Å². The maximum absolute atomic E-state index is 11.1. The first-order valence-electron chi connectivity index (χ1n) is 4.58. The summed E-state index contributed by atoms with van der Waals surface area (Å²) in [5.41, 5.74) is 0. The molecular weight excluding hydrogens is 170 g/mol. The Balaban J connectivity index is 2.06. The summed E-state index contributed by atoms with van der Waals surface area (Å²) >= 11 is 0. The van der Waals surface area contributed by atoms with Crippen LogP contribution in [-0.4, -0.2) is 25.0 Å². The van der Waals surface area contributed by atoms with Crippen molar-refractivity contribution in [2.24, 2.45) is 0 Å². The third kappa shape index (κ3) is 3.44. The summed E-state index contributed by atoms with van der Waals surface area (Å²) in [5.74, 6) is -0.376. The molecule has 0 spiro atoms. The Morgan fingerprint density at radius 3 is 2.54 bits per heavy atom. The third-order valence-electron chi connectivity index (χ3n) is 2.25. The summed E-state index contributed by atoms with van der Waals surface area (Å²) in [5, 5.41) is 2.85. The van der Waals surface area contributed by atoms with Gasteiger partial charge in [-0.2, -0.15) is 0 Å². The molecule has 0 bridgehead atoms. The average molecular weight is 185 g/mol. The summed E-state index contributed by atoms with van der Waals surface area (Å²) in [7, 11) is 1.33. The van der Waals surface area contributed by atoms with E-state index in [9.17, 15) is 9.59 Å². The number of rotatable bonds is 4. The van der Waals surface area contributed by atoms with Gasteiger partial charge in [0, 0.05) is 12.5 Å². The number of amides is 1. The maximum Gasteiger partial charge on any atom is 0.306 e. The van der Waals surface area contributed by atoms with Gasteiger partial charge in [-0.15, -0.1) is 0 Å². The largest absolute Gasteiger partial charge is 0.469 e. The van der Waals surface area contributed by atoms with E-state index in [2.05, 4.69) is 10.1 Å². The van der Waals surface area contributed by atoms with Crippen LogP contribution in [0.15, 0.2) is 0 Å². The van der Waals surface area contributed by atoms with Gasteiger partial charge in [-0.3, -0.25) is 9.59 Å². The van der Waals surface area contributed by atoms with Crippen molar-refractivity contribution in [3.8, 4) is 0 Å². The molecule has 13 heavy (non-hydrogen) atoms. The zero-order chi connectivity index (χ0) is 9.68. The zero-order valence-corrected chi connectivity index (χ0v) is 7.84. The van der Waals surface area contributed by atoms with Crippen LogP contribution in [0.2, 0.25) is 0 Å². The third-order valence-corrected chi connectivity index (χ3v) is 2.25. The fraction of sp³-hybridized carbons (Fsp3) is 0.778. The maximum atomic E-state index is 11.1. The van der Waals surface area contributed by atoms with Crippen LogP contribution in [0.25, 0.3) is 0 Å². The molecule has 0 heterocycles. The Kier molecular flexibility index (Phi) is 3.73. The molecule has 0 aromatic rings. The number of methoxy groups -OCH3 is 1. The van der Waals surface area contributed by atoms with E-state index in [1.807, 2.05) is 0 Å². The number of hydrogen-bond donors (Lipinski definition) is 1. The lowest BCUT2D eigenvalue weighted by Gasteiger charge is -2.26. The fourth-order valence-corrected chi connectivity index (χ4v) is 1.17. The Bertz CT molecular complexity index is 199. The molecule has 1 aliphatic rings. The van der Waals surface area contributed by atoms with E-state index < -0.39 is 0 Å². The molecule has 1 aliphatic carbocycles. The van der Waals surface area contributed by atoms with E-state index in [1.165, 1.54) is 13.5 Å². The Morgan fingerprint density at radius 2 is 2.08 bits per heavy atom. The molecule has 1 amide bonds. The van der Waals surface area contributed by atoms with Crippen LogP contribution in [0, 0.1) is 0 Å². The Morgan fingerprint density at radius 1 is 1.38 bits per heavy atom. The molecule has 1 saturated carbocycles. The van der Waals surface area contributed by atoms with Crippen molar-refractivity contribution in [3.05, 3.63) is 0 Å². The van der Waals surface area contributed by atoms with Crippen molar-refractivity contribution in [1.82, 2.24) is 5.32 Å². The molecule has 0 aromatic carbocycles. The minimum absolute atomic E-state index is 0.0462. The van der Waals surface area contributed by atoms with Crippen molar-refractivity contribution in [2.75, 3.05) is 7.11 Å². The molecule has 1 rings (SSSR count). The summed E-state index contributed by atoms with van der Waals surface area (Å²) in [6.45, 7) is 0. The minimum Gasteiger partial charge on any atom is -0.469 e. The van der Waals surface area contributed by atoms with Gasteiger partial charge < -0.3 is 10.1 Å². The van der Waals surface area contributed by atoms with Crippen LogP contribution < -0.4 is 5.32 Å². The van der Waals surface area contributed by atoms with Gasteiger partial charge >= 0.3 is 5.97 Å². The van der Waals surface area contributed by atoms with E-state index in [-0.39, 0.29) is 24.7 Å². The van der Waals surface area contributed by atoms with Crippen LogP contribution in [-0.2, 0) is 14.3 Å². The van der Waals surface area contributed by atoms with Crippen molar-refractivity contribution in [1.29, 1.82) is 0 Å². The predicted molar refractivity (Wildman–Crippen MR) is 47.0 cm³/mol. The lowest BCUT2D eigenvalue weighted by molar-refractivity contribution is -0.142. The lowest BCUT2D eigenvalue weighted by Crippen LogP contribution is -2.39. The van der Waals surface area contributed by atoms with Gasteiger partial charge in [0.2, 0.25) is 5.91 Å². The average Bonchev–Trinajstić information content (AvgIpc) is 2.07. The Labute approximate surface area is 77.6 Å². The molecule has 0 unspecified atom stereocenters. The summed E-state index contributed by atoms with van der Waals surface area (Å²) in [4.78, 5) is 21.8. The second-order valence-electron chi connectivity index (χ2n) is 3.27. The molecule has 0 aromatic heterocycles. The van der Waals surface area contributed by atoms with Crippen LogP contribution in [0.3, 0.4) is 0 Å². The van der Waals surface area contributed by atoms with Crippen molar-refractivity contribution < 1.29 is 14.3 Å². The topological polar surface area (TPSA) is 55.4 Å². The van der Waals surface area contributed by atoms with Gasteiger partial charge in [-0.25, -0.2) is 0 Å². The molecule has 0 radical (unpaired) electrons. The van der Waals surface area contributed by atoms with Gasteiger partial charge in [0.25, 0.3) is 0 Å². The highest BCUT2D eigenvalue weighted by atomic mass is 16.5. The highest BCUT2D eigenvalue weighted by molar-refractivity contribution is 5.81. The van der Waals surface area contributed by atoms with Crippen LogP contribution in [0.1, 0.15) is 32.1 Å². The highest BCUT2D eigenvalue weighted by Gasteiger charge is 2.19. The lowest BCUT2D eigenvalue weighted by atomic mass is 9.93. The molecular formula is C9H15NO3. The van der Waals surface area contributed by atoms with E-state index >= 15 is 0 Å². The number of carbonyl (C=O) groups is 2. The van der Waals surface area contributed by atoms with E-state index in [1.54, 1.807) is 0 Å². The normalized spacial score (nSPS) is 16.1. The second-order valence-corrected chi connectivity index (χ2v) is 3.27. The molecule has 0 atom stereocenters. The summed E-state index contributed by atoms with van der Waals surface area (Å²) < 4.78 is 4.43. The van der Waals surface area contributed by atoms with Crippen molar-refractivity contribution >= 4 is 11.9 Å². The van der Waals surface area contributed by atoms with Crippen LogP contribution in [0.5, 0.6) is 0 Å². The zero-order valence-electron chi connectivity index (χ0n) is 7.84. The SMILES string of the molecule is COC(=O)CCC(=O)NC1CCC1. The smallest absolute Gasteiger partial charge is 0.306 e. The molecule has 74 valence electrons. The van der Waals surface area contributed by atoms with Crippen LogP contribution in [0.4, 0.5) is 0 Å². The fourth-order valence-electron chi connectivity index (χ4n) is 1.17. The standard InChI is InChI=1S/C9H15NO3/c1-13-9(12)6-5-8(11)10-7-3-2-4-7/h7H,2-6H2,1H3,(H,10,11). The highest BCUT2D eigenvalue weighted by Crippen LogP contribution is 2.17. The number of esters is 1. The van der Waals surface area contributed by atoms with Gasteiger partial charge in [0.1, 0.15) is 0 Å². The van der Waals surface area contributed by atoms with Gasteiger partial charge in [0.15, 0.2) is 0 Å². The number of hydrogen-bond acceptors (Lipinski definition) is 3. The first kappa shape index (κ1) is 10.0. The number of carbonyl (C=O) groups excluding carboxylic acids is 2. The predicted octanol–water partition coefficient (Wildman–Crippen LogP) is 0.608.